The summed E-state index contributed by atoms with van der Waals surface area (Å²) in [6.45, 7) is 16.8. The maximum Gasteiger partial charge on any atom is 0.333 e. The lowest BCUT2D eigenvalue weighted by Crippen LogP contribution is -2.60. The smallest absolute Gasteiger partial charge is 0.333 e. The molecule has 4 heteroatoms. The monoisotopic (exact) mass is 840 g/mol. The molecule has 2 aromatic heterocycles. The summed E-state index contributed by atoms with van der Waals surface area (Å²) in [5, 5.41) is 5.41. The van der Waals surface area contributed by atoms with E-state index in [2.05, 4.69) is 203 Å². The van der Waals surface area contributed by atoms with Crippen molar-refractivity contribution in [1.29, 1.82) is 0 Å². The number of rotatable bonds is 2. The Morgan fingerprint density at radius 2 is 1.22 bits per heavy atom. The lowest BCUT2D eigenvalue weighted by atomic mass is 9.44. The number of anilines is 2. The molecule has 0 radical (unpaired) electrons. The van der Waals surface area contributed by atoms with Crippen LogP contribution in [0.2, 0.25) is 0 Å². The van der Waals surface area contributed by atoms with E-state index in [9.17, 15) is 0 Å². The maximum atomic E-state index is 2.73. The van der Waals surface area contributed by atoms with Crippen LogP contribution >= 0.6 is 11.3 Å². The van der Waals surface area contributed by atoms with Crippen molar-refractivity contribution < 1.29 is 0 Å². The second-order valence-corrected chi connectivity index (χ2v) is 22.3. The van der Waals surface area contributed by atoms with Gasteiger partial charge in [0, 0.05) is 59.0 Å². The number of para-hydroxylation sites is 1. The largest absolute Gasteiger partial charge is 0.376 e. The van der Waals surface area contributed by atoms with Crippen molar-refractivity contribution in [3.05, 3.63) is 173 Å². The van der Waals surface area contributed by atoms with Crippen LogP contribution in [-0.4, -0.2) is 11.4 Å². The number of nitrogens with zero attached hydrogens (tertiary/aromatic N) is 2. The van der Waals surface area contributed by atoms with Crippen molar-refractivity contribution in [3.63, 3.8) is 0 Å². The van der Waals surface area contributed by atoms with Crippen molar-refractivity contribution in [1.82, 2.24) is 4.57 Å². The van der Waals surface area contributed by atoms with Gasteiger partial charge in [0.1, 0.15) is 0 Å². The number of aromatic nitrogens is 1. The molecule has 4 heterocycles. The van der Waals surface area contributed by atoms with Gasteiger partial charge in [-0.05, 0) is 152 Å². The Morgan fingerprint density at radius 3 is 2.03 bits per heavy atom. The number of fused-ring (bicyclic) bond motifs is 15. The zero-order valence-corrected chi connectivity index (χ0v) is 38.5. The molecular formula is C60H49BN2S. The first-order valence-corrected chi connectivity index (χ1v) is 24.1. The number of hydrogen-bond acceptors (Lipinski definition) is 2. The van der Waals surface area contributed by atoms with Gasteiger partial charge in [0.25, 0.3) is 0 Å². The highest BCUT2D eigenvalue weighted by Crippen LogP contribution is 2.54. The van der Waals surface area contributed by atoms with Crippen molar-refractivity contribution in [2.45, 2.75) is 77.6 Å². The van der Waals surface area contributed by atoms with E-state index in [0.29, 0.717) is 0 Å². The van der Waals surface area contributed by atoms with Crippen LogP contribution in [-0.2, 0) is 16.2 Å². The molecule has 2 aliphatic heterocycles. The minimum atomic E-state index is -0.0591. The summed E-state index contributed by atoms with van der Waals surface area (Å²) in [5.74, 6) is 0. The molecule has 4 aliphatic rings. The Labute approximate surface area is 379 Å². The molecular weight excluding hydrogens is 792 g/mol. The van der Waals surface area contributed by atoms with Gasteiger partial charge in [0.2, 0.25) is 0 Å². The van der Waals surface area contributed by atoms with Crippen LogP contribution in [0.15, 0.2) is 146 Å². The molecule has 64 heavy (non-hydrogen) atoms. The maximum absolute atomic E-state index is 2.73. The Kier molecular flexibility index (Phi) is 7.10. The fourth-order valence-corrected chi connectivity index (χ4v) is 14.0. The number of aryl methyl sites for hydroxylation is 1. The van der Waals surface area contributed by atoms with Crippen LogP contribution < -0.4 is 15.7 Å². The molecule has 0 saturated heterocycles. The van der Waals surface area contributed by atoms with Crippen LogP contribution in [0, 0.1) is 6.92 Å². The first-order valence-electron chi connectivity index (χ1n) is 23.2. The molecule has 2 aliphatic carbocycles. The molecule has 0 fully saturated rings. The van der Waals surface area contributed by atoms with E-state index in [0.717, 1.165) is 0 Å². The van der Waals surface area contributed by atoms with Gasteiger partial charge < -0.3 is 9.38 Å². The normalized spacial score (nSPS) is 16.9. The highest BCUT2D eigenvalue weighted by molar-refractivity contribution is 7.26. The molecule has 0 bridgehead atoms. The van der Waals surface area contributed by atoms with Crippen molar-refractivity contribution in [2.24, 2.45) is 0 Å². The zero-order chi connectivity index (χ0) is 43.2. The van der Waals surface area contributed by atoms with E-state index in [1.165, 1.54) is 144 Å². The Balaban J connectivity index is 1.20. The van der Waals surface area contributed by atoms with Crippen molar-refractivity contribution in [3.8, 4) is 39.1 Å². The minimum Gasteiger partial charge on any atom is -0.376 e. The third-order valence-corrected chi connectivity index (χ3v) is 17.4. The summed E-state index contributed by atoms with van der Waals surface area (Å²) in [7, 11) is 0. The average Bonchev–Trinajstić information content (AvgIpc) is 3.91. The van der Waals surface area contributed by atoms with Gasteiger partial charge in [-0.25, -0.2) is 0 Å². The molecule has 0 unspecified atom stereocenters. The van der Waals surface area contributed by atoms with Gasteiger partial charge in [-0.1, -0.05) is 132 Å². The Bertz CT molecular complexity index is 3730. The van der Waals surface area contributed by atoms with Gasteiger partial charge in [0.15, 0.2) is 0 Å². The summed E-state index contributed by atoms with van der Waals surface area (Å²) in [5.41, 5.74) is 24.3. The topological polar surface area (TPSA) is 8.17 Å². The molecule has 0 amide bonds. The first kappa shape index (κ1) is 37.1. The van der Waals surface area contributed by atoms with Crippen LogP contribution in [0.5, 0.6) is 0 Å². The summed E-state index contributed by atoms with van der Waals surface area (Å²) in [6, 6.07) is 57.0. The number of thiophene rings is 1. The van der Waals surface area contributed by atoms with Gasteiger partial charge in [-0.2, -0.15) is 0 Å². The molecule has 0 spiro atoms. The molecule has 0 saturated carbocycles. The fraction of sp³-hybridized carbons (Fsp3) is 0.200. The molecule has 14 rings (SSSR count). The quantitative estimate of drug-likeness (QED) is 0.157. The van der Waals surface area contributed by atoms with E-state index >= 15 is 0 Å². The molecule has 10 aromatic rings. The van der Waals surface area contributed by atoms with Gasteiger partial charge in [-0.15, -0.1) is 11.3 Å². The summed E-state index contributed by atoms with van der Waals surface area (Å²) in [4.78, 5) is 2.67. The molecule has 8 aromatic carbocycles. The van der Waals surface area contributed by atoms with Crippen molar-refractivity contribution >= 4 is 82.5 Å². The lowest BCUT2D eigenvalue weighted by Gasteiger charge is -2.42. The first-order chi connectivity index (χ1) is 30.9. The molecule has 0 N–H and O–H groups in total. The minimum absolute atomic E-state index is 0.0409. The average molecular weight is 841 g/mol. The van der Waals surface area contributed by atoms with E-state index in [1.807, 2.05) is 11.3 Å². The third kappa shape index (κ3) is 4.67. The van der Waals surface area contributed by atoms with Gasteiger partial charge in [0.05, 0.1) is 11.0 Å². The highest BCUT2D eigenvalue weighted by atomic mass is 32.1. The van der Waals surface area contributed by atoms with Gasteiger partial charge >= 0.3 is 6.85 Å². The second-order valence-electron chi connectivity index (χ2n) is 21.2. The van der Waals surface area contributed by atoms with Crippen molar-refractivity contribution in [2.75, 3.05) is 4.81 Å². The SMILES string of the molecule is Cc1ccc(N2B3c4cc5sc6ccccc6c5cc4-n4c5cc6c(cc5c5c(-c7ccc8c(c7)-c7ccccc7C8(C)C)cc(c3c54)-c3ccccc32)C(C)(C)CCC6(C)C)cc1. The van der Waals surface area contributed by atoms with Crippen LogP contribution in [0.4, 0.5) is 11.4 Å². The van der Waals surface area contributed by atoms with E-state index < -0.39 is 0 Å². The Hall–Kier alpha value is -6.36. The number of benzene rings is 8. The summed E-state index contributed by atoms with van der Waals surface area (Å²) in [6.07, 6.45) is 2.35. The third-order valence-electron chi connectivity index (χ3n) is 16.3. The highest BCUT2D eigenvalue weighted by Gasteiger charge is 2.46. The summed E-state index contributed by atoms with van der Waals surface area (Å²) < 4.78 is 5.42. The van der Waals surface area contributed by atoms with Crippen LogP contribution in [0.3, 0.4) is 0 Å². The fourth-order valence-electron chi connectivity index (χ4n) is 12.8. The predicted octanol–water partition coefficient (Wildman–Crippen LogP) is 15.0. The van der Waals surface area contributed by atoms with Gasteiger partial charge in [-0.3, -0.25) is 0 Å². The predicted molar refractivity (Wildman–Crippen MR) is 276 cm³/mol. The standard InChI is InChI=1S/C60H49BN2S/c1-34-20-23-36(24-21-34)63-50-18-12-9-15-38(50)43-29-40(35-22-25-46-41(28-35)37-14-8-11-17-45(37)60(46,6)7)55-44-30-47-48(59(4,5)27-26-58(47,2)3)32-51(44)62-52-31-42-39-16-10-13-19-53(39)64-54(42)33-49(52)61(63)56(43)57(55)62/h8-25,28-33H,26-27H2,1-7H3. The molecule has 308 valence electrons. The molecule has 2 nitrogen and oxygen atoms in total. The van der Waals surface area contributed by atoms with Crippen LogP contribution in [0.1, 0.15) is 82.2 Å². The van der Waals surface area contributed by atoms with E-state index in [4.69, 9.17) is 0 Å². The van der Waals surface area contributed by atoms with E-state index in [1.54, 1.807) is 0 Å². The van der Waals surface area contributed by atoms with E-state index in [-0.39, 0.29) is 23.1 Å². The second kappa shape index (κ2) is 12.3. The summed E-state index contributed by atoms with van der Waals surface area (Å²) >= 11 is 1.93. The van der Waals surface area contributed by atoms with Crippen LogP contribution in [0.25, 0.3) is 81.0 Å². The molecule has 0 atom stereocenters. The Morgan fingerprint density at radius 1 is 0.516 bits per heavy atom. The number of hydrogen-bond donors (Lipinski definition) is 0. The lowest BCUT2D eigenvalue weighted by molar-refractivity contribution is 0.332. The zero-order valence-electron chi connectivity index (χ0n) is 37.7.